The summed E-state index contributed by atoms with van der Waals surface area (Å²) in [5, 5.41) is 9.36. The third-order valence-corrected chi connectivity index (χ3v) is 4.79. The highest BCUT2D eigenvalue weighted by molar-refractivity contribution is 5.78. The van der Waals surface area contributed by atoms with Gasteiger partial charge in [-0.3, -0.25) is 4.98 Å². The highest BCUT2D eigenvalue weighted by atomic mass is 15.2. The number of anilines is 1. The minimum Gasteiger partial charge on any atom is -0.354 e. The van der Waals surface area contributed by atoms with Gasteiger partial charge in [0.15, 0.2) is 0 Å². The fourth-order valence-corrected chi connectivity index (χ4v) is 3.27. The Hall–Kier alpha value is -3.97. The Labute approximate surface area is 170 Å². The maximum absolute atomic E-state index is 9.36. The van der Waals surface area contributed by atoms with E-state index >= 15 is 0 Å². The van der Waals surface area contributed by atoms with Crippen LogP contribution in [0.25, 0.3) is 22.5 Å². The predicted molar refractivity (Wildman–Crippen MR) is 116 cm³/mol. The Morgan fingerprint density at radius 2 is 1.38 bits per heavy atom. The molecule has 0 fully saturated rings. The van der Waals surface area contributed by atoms with E-state index in [1.807, 2.05) is 96.9 Å². The van der Waals surface area contributed by atoms with Crippen LogP contribution in [-0.4, -0.2) is 17.0 Å². The van der Waals surface area contributed by atoms with Crippen LogP contribution >= 0.6 is 0 Å². The van der Waals surface area contributed by atoms with Crippen LogP contribution in [0.3, 0.4) is 0 Å². The number of hydrogen-bond donors (Lipinski definition) is 0. The van der Waals surface area contributed by atoms with Crippen molar-refractivity contribution in [3.05, 3.63) is 102 Å². The lowest BCUT2D eigenvalue weighted by Crippen LogP contribution is -2.19. The number of nitriles is 1. The largest absolute Gasteiger partial charge is 0.354 e. The maximum Gasteiger partial charge on any atom is 0.147 e. The predicted octanol–water partition coefficient (Wildman–Crippen LogP) is 5.32. The van der Waals surface area contributed by atoms with Gasteiger partial charge in [0.2, 0.25) is 0 Å². The first kappa shape index (κ1) is 18.4. The van der Waals surface area contributed by atoms with E-state index in [0.717, 1.165) is 33.9 Å². The van der Waals surface area contributed by atoms with Crippen molar-refractivity contribution in [1.29, 1.82) is 5.26 Å². The van der Waals surface area contributed by atoms with E-state index in [1.165, 1.54) is 0 Å². The number of rotatable bonds is 5. The Kier molecular flexibility index (Phi) is 5.31. The summed E-state index contributed by atoms with van der Waals surface area (Å²) < 4.78 is 0. The average Bonchev–Trinajstić information content (AvgIpc) is 2.80. The van der Waals surface area contributed by atoms with Gasteiger partial charge in [-0.1, -0.05) is 78.9 Å². The van der Waals surface area contributed by atoms with E-state index in [9.17, 15) is 5.26 Å². The van der Waals surface area contributed by atoms with Crippen molar-refractivity contribution in [1.82, 2.24) is 9.97 Å². The zero-order valence-corrected chi connectivity index (χ0v) is 16.2. The normalized spacial score (nSPS) is 10.3. The van der Waals surface area contributed by atoms with E-state index in [-0.39, 0.29) is 0 Å². The lowest BCUT2D eigenvalue weighted by atomic mass is 10.0. The molecule has 0 aliphatic rings. The first-order valence-electron chi connectivity index (χ1n) is 9.43. The van der Waals surface area contributed by atoms with Gasteiger partial charge >= 0.3 is 0 Å². The van der Waals surface area contributed by atoms with Crippen LogP contribution < -0.4 is 4.90 Å². The van der Waals surface area contributed by atoms with Crippen molar-refractivity contribution in [2.45, 2.75) is 6.54 Å². The molecule has 0 bridgehead atoms. The minimum atomic E-state index is 0.581. The summed E-state index contributed by atoms with van der Waals surface area (Å²) in [6.07, 6.45) is 1.80. The Bertz CT molecular complexity index is 1150. The zero-order valence-electron chi connectivity index (χ0n) is 16.2. The smallest absolute Gasteiger partial charge is 0.147 e. The average molecular weight is 376 g/mol. The van der Waals surface area contributed by atoms with Gasteiger partial charge in [-0.2, -0.15) is 5.26 Å². The fourth-order valence-electron chi connectivity index (χ4n) is 3.27. The molecule has 0 atom stereocenters. The molecule has 0 aliphatic carbocycles. The maximum atomic E-state index is 9.36. The Balaban J connectivity index is 1.75. The van der Waals surface area contributed by atoms with Crippen LogP contribution in [0.5, 0.6) is 0 Å². The molecule has 0 spiro atoms. The molecule has 4 aromatic rings. The minimum absolute atomic E-state index is 0.581. The summed E-state index contributed by atoms with van der Waals surface area (Å²) in [5.74, 6) is 0.760. The molecule has 4 rings (SSSR count). The molecule has 0 saturated heterocycles. The van der Waals surface area contributed by atoms with E-state index in [0.29, 0.717) is 12.1 Å². The molecule has 4 nitrogen and oxygen atoms in total. The SMILES string of the molecule is CN(Cc1ccccc1C#N)c1cnc(-c2ccccc2)c(-c2ccccc2)n1. The molecular formula is C25H20N4. The third-order valence-electron chi connectivity index (χ3n) is 4.79. The van der Waals surface area contributed by atoms with E-state index < -0.39 is 0 Å². The third kappa shape index (κ3) is 3.99. The van der Waals surface area contributed by atoms with Crippen molar-refractivity contribution in [3.63, 3.8) is 0 Å². The molecule has 3 aromatic carbocycles. The van der Waals surface area contributed by atoms with Crippen LogP contribution in [0.1, 0.15) is 11.1 Å². The number of hydrogen-bond acceptors (Lipinski definition) is 4. The molecule has 0 radical (unpaired) electrons. The second-order valence-electron chi connectivity index (χ2n) is 6.78. The quantitative estimate of drug-likeness (QED) is 0.473. The van der Waals surface area contributed by atoms with Crippen LogP contribution in [0.15, 0.2) is 91.1 Å². The van der Waals surface area contributed by atoms with Crippen molar-refractivity contribution in [2.75, 3.05) is 11.9 Å². The second-order valence-corrected chi connectivity index (χ2v) is 6.78. The first-order chi connectivity index (χ1) is 14.3. The summed E-state index contributed by atoms with van der Waals surface area (Å²) in [6.45, 7) is 0.581. The van der Waals surface area contributed by atoms with Gasteiger partial charge in [0.1, 0.15) is 5.82 Å². The van der Waals surface area contributed by atoms with Gasteiger partial charge < -0.3 is 4.90 Å². The molecule has 0 N–H and O–H groups in total. The van der Waals surface area contributed by atoms with E-state index in [4.69, 9.17) is 9.97 Å². The molecular weight excluding hydrogens is 356 g/mol. The lowest BCUT2D eigenvalue weighted by Gasteiger charge is -2.20. The van der Waals surface area contributed by atoms with Gasteiger partial charge in [-0.05, 0) is 11.6 Å². The number of benzene rings is 3. The van der Waals surface area contributed by atoms with Gasteiger partial charge in [-0.25, -0.2) is 4.98 Å². The summed E-state index contributed by atoms with van der Waals surface area (Å²) in [7, 11) is 1.97. The summed E-state index contributed by atoms with van der Waals surface area (Å²) >= 11 is 0. The topological polar surface area (TPSA) is 52.8 Å². The molecule has 4 heteroatoms. The summed E-state index contributed by atoms with van der Waals surface area (Å²) in [4.78, 5) is 11.7. The monoisotopic (exact) mass is 376 g/mol. The molecule has 29 heavy (non-hydrogen) atoms. The summed E-state index contributed by atoms with van der Waals surface area (Å²) in [6, 6.07) is 30.1. The Morgan fingerprint density at radius 1 is 0.793 bits per heavy atom. The molecule has 0 unspecified atom stereocenters. The van der Waals surface area contributed by atoms with Crippen LogP contribution in [0.4, 0.5) is 5.82 Å². The van der Waals surface area contributed by atoms with Crippen LogP contribution in [0, 0.1) is 11.3 Å². The second kappa shape index (κ2) is 8.37. The molecule has 0 amide bonds. The van der Waals surface area contributed by atoms with Crippen molar-refractivity contribution < 1.29 is 0 Å². The summed E-state index contributed by atoms with van der Waals surface area (Å²) in [5.41, 5.74) is 5.39. The van der Waals surface area contributed by atoms with E-state index in [2.05, 4.69) is 6.07 Å². The van der Waals surface area contributed by atoms with Gasteiger partial charge in [0, 0.05) is 24.7 Å². The number of aromatic nitrogens is 2. The highest BCUT2D eigenvalue weighted by Crippen LogP contribution is 2.30. The fraction of sp³-hybridized carbons (Fsp3) is 0.0800. The molecule has 1 aromatic heterocycles. The van der Waals surface area contributed by atoms with Gasteiger partial charge in [0.05, 0.1) is 29.2 Å². The van der Waals surface area contributed by atoms with E-state index in [1.54, 1.807) is 6.20 Å². The highest BCUT2D eigenvalue weighted by Gasteiger charge is 2.14. The molecule has 140 valence electrons. The molecule has 0 aliphatic heterocycles. The molecule has 0 saturated carbocycles. The standard InChI is InChI=1S/C25H20N4/c1-29(18-22-15-9-8-14-21(22)16-26)23-17-27-24(19-10-4-2-5-11-19)25(28-23)20-12-6-3-7-13-20/h2-15,17H,18H2,1H3. The molecule has 1 heterocycles. The van der Waals surface area contributed by atoms with Crippen molar-refractivity contribution in [3.8, 4) is 28.6 Å². The van der Waals surface area contributed by atoms with Crippen LogP contribution in [-0.2, 0) is 6.54 Å². The first-order valence-corrected chi connectivity index (χ1v) is 9.43. The van der Waals surface area contributed by atoms with Crippen molar-refractivity contribution >= 4 is 5.82 Å². The lowest BCUT2D eigenvalue weighted by molar-refractivity contribution is 0.889. The van der Waals surface area contributed by atoms with Crippen LogP contribution in [0.2, 0.25) is 0 Å². The number of nitrogens with zero attached hydrogens (tertiary/aromatic N) is 4. The zero-order chi connectivity index (χ0) is 20.1. The van der Waals surface area contributed by atoms with Gasteiger partial charge in [-0.15, -0.1) is 0 Å². The van der Waals surface area contributed by atoms with Gasteiger partial charge in [0.25, 0.3) is 0 Å². The Morgan fingerprint density at radius 3 is 2.03 bits per heavy atom. The van der Waals surface area contributed by atoms with Crippen molar-refractivity contribution in [2.24, 2.45) is 0 Å².